The number of aliphatic imine (C=N–C) groups is 1. The van der Waals surface area contributed by atoms with Crippen molar-refractivity contribution in [2.45, 2.75) is 32.7 Å². The summed E-state index contributed by atoms with van der Waals surface area (Å²) in [5.41, 5.74) is 0.786. The number of nitrogens with zero attached hydrogens (tertiary/aromatic N) is 2. The zero-order chi connectivity index (χ0) is 19.6. The summed E-state index contributed by atoms with van der Waals surface area (Å²) in [7, 11) is 0. The molecule has 1 aromatic heterocycles. The first-order chi connectivity index (χ1) is 13.7. The average molecular weight is 514 g/mol. The summed E-state index contributed by atoms with van der Waals surface area (Å²) in [6, 6.07) is 11.0. The van der Waals surface area contributed by atoms with Gasteiger partial charge in [-0.15, -0.1) is 24.0 Å². The number of furan rings is 1. The highest BCUT2D eigenvalue weighted by Gasteiger charge is 2.20. The van der Waals surface area contributed by atoms with Gasteiger partial charge in [-0.05, 0) is 57.0 Å². The third kappa shape index (κ3) is 7.97. The van der Waals surface area contributed by atoms with E-state index in [4.69, 9.17) is 9.41 Å². The highest BCUT2D eigenvalue weighted by Crippen LogP contribution is 2.20. The van der Waals surface area contributed by atoms with Crippen LogP contribution < -0.4 is 10.6 Å². The largest absolute Gasteiger partial charge is 0.469 e. The topological polar surface area (TPSA) is 52.8 Å². The normalized spacial score (nSPS) is 15.7. The lowest BCUT2D eigenvalue weighted by molar-refractivity contribution is 0.179. The molecule has 0 saturated carbocycles. The van der Waals surface area contributed by atoms with Crippen molar-refractivity contribution in [3.63, 3.8) is 0 Å². The van der Waals surface area contributed by atoms with Crippen molar-refractivity contribution in [1.29, 1.82) is 0 Å². The molecule has 3 rings (SSSR count). The van der Waals surface area contributed by atoms with Crippen molar-refractivity contribution in [2.75, 3.05) is 32.7 Å². The molecule has 1 aromatic carbocycles. The Kier molecular flexibility index (Phi) is 10.5. The number of likely N-dealkylation sites (tertiary alicyclic amines) is 1. The van der Waals surface area contributed by atoms with Gasteiger partial charge in [0.15, 0.2) is 5.96 Å². The molecule has 0 spiro atoms. The highest BCUT2D eigenvalue weighted by atomic mass is 127. The number of piperidine rings is 1. The zero-order valence-electron chi connectivity index (χ0n) is 17.1. The third-order valence-corrected chi connectivity index (χ3v) is 5.15. The fraction of sp³-hybridized carbons (Fsp3) is 0.500. The summed E-state index contributed by atoms with van der Waals surface area (Å²) >= 11 is 0. The number of hydrogen-bond donors (Lipinski definition) is 2. The molecule has 1 aliphatic rings. The zero-order valence-corrected chi connectivity index (χ0v) is 19.4. The minimum absolute atomic E-state index is 0. The van der Waals surface area contributed by atoms with E-state index in [2.05, 4.69) is 22.5 Å². The quantitative estimate of drug-likeness (QED) is 0.317. The second kappa shape index (κ2) is 12.8. The predicted molar refractivity (Wildman–Crippen MR) is 126 cm³/mol. The van der Waals surface area contributed by atoms with Crippen molar-refractivity contribution in [1.82, 2.24) is 15.5 Å². The summed E-state index contributed by atoms with van der Waals surface area (Å²) in [4.78, 5) is 7.10. The molecule has 2 N–H and O–H groups in total. The maximum Gasteiger partial charge on any atom is 0.191 e. The van der Waals surface area contributed by atoms with Crippen LogP contribution in [-0.2, 0) is 13.0 Å². The van der Waals surface area contributed by atoms with Crippen LogP contribution in [0.25, 0.3) is 0 Å². The molecule has 2 aromatic rings. The number of rotatable bonds is 8. The molecule has 1 fully saturated rings. The molecule has 5 nitrogen and oxygen atoms in total. The van der Waals surface area contributed by atoms with Crippen LogP contribution in [0.1, 0.15) is 31.1 Å². The average Bonchev–Trinajstić information content (AvgIpc) is 3.22. The molecule has 0 aliphatic carbocycles. The van der Waals surface area contributed by atoms with Gasteiger partial charge in [0.05, 0.1) is 6.26 Å². The molecule has 0 atom stereocenters. The fourth-order valence-electron chi connectivity index (χ4n) is 3.52. The molecule has 0 amide bonds. The van der Waals surface area contributed by atoms with Gasteiger partial charge >= 0.3 is 0 Å². The number of halogens is 2. The van der Waals surface area contributed by atoms with Crippen molar-refractivity contribution in [3.8, 4) is 0 Å². The Labute approximate surface area is 190 Å². The number of nitrogens with one attached hydrogen (secondary N) is 2. The van der Waals surface area contributed by atoms with Gasteiger partial charge in [-0.1, -0.05) is 18.2 Å². The summed E-state index contributed by atoms with van der Waals surface area (Å²) in [5.74, 6) is 2.32. The minimum atomic E-state index is -0.106. The Hall–Kier alpha value is -1.61. The van der Waals surface area contributed by atoms with Gasteiger partial charge in [-0.2, -0.15) is 0 Å². The Balaban J connectivity index is 0.00000300. The van der Waals surface area contributed by atoms with Gasteiger partial charge in [-0.25, -0.2) is 4.39 Å². The molecule has 7 heteroatoms. The molecular weight excluding hydrogens is 482 g/mol. The van der Waals surface area contributed by atoms with E-state index in [0.717, 1.165) is 69.3 Å². The van der Waals surface area contributed by atoms with Crippen LogP contribution in [-0.4, -0.2) is 43.6 Å². The second-order valence-electron chi connectivity index (χ2n) is 7.29. The molecule has 1 saturated heterocycles. The lowest BCUT2D eigenvalue weighted by atomic mass is 9.96. The van der Waals surface area contributed by atoms with Crippen molar-refractivity contribution in [2.24, 2.45) is 10.9 Å². The van der Waals surface area contributed by atoms with E-state index >= 15 is 0 Å². The molecule has 0 bridgehead atoms. The minimum Gasteiger partial charge on any atom is -0.469 e. The molecule has 2 heterocycles. The van der Waals surface area contributed by atoms with Crippen LogP contribution in [0.4, 0.5) is 4.39 Å². The van der Waals surface area contributed by atoms with Gasteiger partial charge in [0.25, 0.3) is 0 Å². The smallest absolute Gasteiger partial charge is 0.191 e. The standard InChI is InChI=1S/C22H31FN4O.HI/c1-2-24-22(25-12-9-20-7-5-15-28-20)26-16-18-10-13-27(14-11-18)17-19-6-3-4-8-21(19)23;/h3-8,15,18H,2,9-14,16-17H2,1H3,(H2,24,25,26);1H. The SMILES string of the molecule is CCNC(=NCC1CCN(Cc2ccccc2F)CC1)NCCc1ccco1.I. The van der Waals surface area contributed by atoms with E-state index in [1.165, 1.54) is 6.07 Å². The number of benzene rings is 1. The summed E-state index contributed by atoms with van der Waals surface area (Å²) in [6.07, 6.45) is 4.74. The maximum atomic E-state index is 13.8. The monoisotopic (exact) mass is 514 g/mol. The molecule has 0 radical (unpaired) electrons. The number of guanidine groups is 1. The van der Waals surface area contributed by atoms with E-state index in [-0.39, 0.29) is 29.8 Å². The first-order valence-corrected chi connectivity index (χ1v) is 10.2. The molecular formula is C22H32FIN4O. The van der Waals surface area contributed by atoms with Crippen LogP contribution in [0.2, 0.25) is 0 Å². The van der Waals surface area contributed by atoms with Gasteiger partial charge < -0.3 is 15.1 Å². The van der Waals surface area contributed by atoms with Gasteiger partial charge in [0, 0.05) is 38.2 Å². The molecule has 160 valence electrons. The van der Waals surface area contributed by atoms with Crippen LogP contribution in [0.15, 0.2) is 52.1 Å². The summed E-state index contributed by atoms with van der Waals surface area (Å²) < 4.78 is 19.2. The van der Waals surface area contributed by atoms with Gasteiger partial charge in [0.2, 0.25) is 0 Å². The van der Waals surface area contributed by atoms with Crippen molar-refractivity contribution < 1.29 is 8.81 Å². The van der Waals surface area contributed by atoms with E-state index in [0.29, 0.717) is 12.5 Å². The number of hydrogen-bond acceptors (Lipinski definition) is 3. The lowest BCUT2D eigenvalue weighted by Crippen LogP contribution is -2.39. The van der Waals surface area contributed by atoms with E-state index in [1.54, 1.807) is 12.3 Å². The van der Waals surface area contributed by atoms with Gasteiger partial charge in [-0.3, -0.25) is 9.89 Å². The first kappa shape index (κ1) is 23.7. The van der Waals surface area contributed by atoms with Crippen LogP contribution >= 0.6 is 24.0 Å². The molecule has 29 heavy (non-hydrogen) atoms. The first-order valence-electron chi connectivity index (χ1n) is 10.2. The van der Waals surface area contributed by atoms with Crippen LogP contribution in [0.3, 0.4) is 0 Å². The summed E-state index contributed by atoms with van der Waals surface area (Å²) in [5, 5.41) is 6.68. The fourth-order valence-corrected chi connectivity index (χ4v) is 3.52. The van der Waals surface area contributed by atoms with E-state index in [1.807, 2.05) is 24.3 Å². The predicted octanol–water partition coefficient (Wildman–Crippen LogP) is 4.05. The molecule has 1 aliphatic heterocycles. The summed E-state index contributed by atoms with van der Waals surface area (Å²) in [6.45, 7) is 7.22. The van der Waals surface area contributed by atoms with Crippen molar-refractivity contribution in [3.05, 3.63) is 59.8 Å². The van der Waals surface area contributed by atoms with Crippen LogP contribution in [0, 0.1) is 11.7 Å². The molecule has 0 unspecified atom stereocenters. The van der Waals surface area contributed by atoms with E-state index < -0.39 is 0 Å². The Morgan fingerprint density at radius 1 is 1.17 bits per heavy atom. The van der Waals surface area contributed by atoms with Crippen LogP contribution in [0.5, 0.6) is 0 Å². The highest BCUT2D eigenvalue weighted by molar-refractivity contribution is 14.0. The third-order valence-electron chi connectivity index (χ3n) is 5.15. The van der Waals surface area contributed by atoms with Gasteiger partial charge in [0.1, 0.15) is 11.6 Å². The Morgan fingerprint density at radius 3 is 2.66 bits per heavy atom. The Morgan fingerprint density at radius 2 is 1.97 bits per heavy atom. The van der Waals surface area contributed by atoms with Crippen molar-refractivity contribution >= 4 is 29.9 Å². The maximum absolute atomic E-state index is 13.8. The second-order valence-corrected chi connectivity index (χ2v) is 7.29. The lowest BCUT2D eigenvalue weighted by Gasteiger charge is -2.31. The van der Waals surface area contributed by atoms with E-state index in [9.17, 15) is 4.39 Å². The Bertz CT molecular complexity index is 730.